The van der Waals surface area contributed by atoms with Gasteiger partial charge in [0.05, 0.1) is 11.6 Å². The SMILES string of the molecule is CCC(CN)C(=O)Nc1nc(C)co1. The average molecular weight is 197 g/mol. The van der Waals surface area contributed by atoms with E-state index in [1.54, 1.807) is 6.92 Å². The number of rotatable bonds is 4. The molecule has 1 unspecified atom stereocenters. The zero-order chi connectivity index (χ0) is 10.6. The first-order chi connectivity index (χ1) is 6.67. The van der Waals surface area contributed by atoms with Crippen molar-refractivity contribution in [3.8, 4) is 0 Å². The van der Waals surface area contributed by atoms with Gasteiger partial charge in [-0.25, -0.2) is 0 Å². The van der Waals surface area contributed by atoms with Crippen LogP contribution in [0.1, 0.15) is 19.0 Å². The van der Waals surface area contributed by atoms with Crippen molar-refractivity contribution in [2.24, 2.45) is 11.7 Å². The van der Waals surface area contributed by atoms with Crippen molar-refractivity contribution in [1.82, 2.24) is 4.98 Å². The summed E-state index contributed by atoms with van der Waals surface area (Å²) in [4.78, 5) is 15.5. The van der Waals surface area contributed by atoms with Gasteiger partial charge in [0.15, 0.2) is 0 Å². The van der Waals surface area contributed by atoms with Crippen LogP contribution in [0.2, 0.25) is 0 Å². The van der Waals surface area contributed by atoms with E-state index in [1.165, 1.54) is 6.26 Å². The maximum Gasteiger partial charge on any atom is 0.301 e. The third-order valence-electron chi connectivity index (χ3n) is 2.00. The standard InChI is InChI=1S/C9H15N3O2/c1-3-7(4-10)8(13)12-9-11-6(2)5-14-9/h5,7H,3-4,10H2,1-2H3,(H,11,12,13). The molecular weight excluding hydrogens is 182 g/mol. The van der Waals surface area contributed by atoms with Crippen molar-refractivity contribution in [3.05, 3.63) is 12.0 Å². The Hall–Kier alpha value is -1.36. The molecule has 14 heavy (non-hydrogen) atoms. The molecule has 78 valence electrons. The van der Waals surface area contributed by atoms with Crippen LogP contribution in [0.25, 0.3) is 0 Å². The molecule has 1 heterocycles. The van der Waals surface area contributed by atoms with E-state index in [1.807, 2.05) is 6.92 Å². The third kappa shape index (κ3) is 2.56. The molecule has 0 radical (unpaired) electrons. The van der Waals surface area contributed by atoms with Gasteiger partial charge < -0.3 is 10.2 Å². The summed E-state index contributed by atoms with van der Waals surface area (Å²) in [6.45, 7) is 4.04. The largest absolute Gasteiger partial charge is 0.432 e. The number of carbonyl (C=O) groups excluding carboxylic acids is 1. The highest BCUT2D eigenvalue weighted by Gasteiger charge is 2.16. The van der Waals surface area contributed by atoms with Gasteiger partial charge in [-0.2, -0.15) is 4.98 Å². The lowest BCUT2D eigenvalue weighted by molar-refractivity contribution is -0.119. The second-order valence-electron chi connectivity index (χ2n) is 3.12. The Kier molecular flexibility index (Phi) is 3.64. The van der Waals surface area contributed by atoms with Crippen LogP contribution in [-0.4, -0.2) is 17.4 Å². The van der Waals surface area contributed by atoms with E-state index >= 15 is 0 Å². The lowest BCUT2D eigenvalue weighted by Crippen LogP contribution is -2.28. The summed E-state index contributed by atoms with van der Waals surface area (Å²) in [6.07, 6.45) is 2.20. The van der Waals surface area contributed by atoms with Gasteiger partial charge >= 0.3 is 6.01 Å². The maximum absolute atomic E-state index is 11.5. The average Bonchev–Trinajstić information content (AvgIpc) is 2.53. The van der Waals surface area contributed by atoms with E-state index in [4.69, 9.17) is 10.2 Å². The van der Waals surface area contributed by atoms with Gasteiger partial charge in [-0.05, 0) is 13.3 Å². The van der Waals surface area contributed by atoms with Crippen LogP contribution >= 0.6 is 0 Å². The van der Waals surface area contributed by atoms with Gasteiger partial charge in [0.25, 0.3) is 0 Å². The summed E-state index contributed by atoms with van der Waals surface area (Å²) in [7, 11) is 0. The molecule has 1 aromatic heterocycles. The van der Waals surface area contributed by atoms with Gasteiger partial charge in [-0.1, -0.05) is 6.92 Å². The summed E-state index contributed by atoms with van der Waals surface area (Å²) in [6, 6.07) is 0.236. The van der Waals surface area contributed by atoms with E-state index in [0.717, 1.165) is 5.69 Å². The van der Waals surface area contributed by atoms with Crippen molar-refractivity contribution in [3.63, 3.8) is 0 Å². The first-order valence-corrected chi connectivity index (χ1v) is 4.60. The fourth-order valence-corrected chi connectivity index (χ4v) is 1.08. The minimum absolute atomic E-state index is 0.142. The van der Waals surface area contributed by atoms with Crippen LogP contribution in [-0.2, 0) is 4.79 Å². The highest BCUT2D eigenvalue weighted by molar-refractivity contribution is 5.90. The van der Waals surface area contributed by atoms with Gasteiger partial charge in [-0.15, -0.1) is 0 Å². The summed E-state index contributed by atoms with van der Waals surface area (Å²) >= 11 is 0. The molecule has 0 aliphatic rings. The van der Waals surface area contributed by atoms with E-state index in [2.05, 4.69) is 10.3 Å². The minimum atomic E-state index is -0.179. The molecule has 0 fully saturated rings. The Morgan fingerprint density at radius 1 is 1.79 bits per heavy atom. The smallest absolute Gasteiger partial charge is 0.301 e. The third-order valence-corrected chi connectivity index (χ3v) is 2.00. The molecule has 0 saturated heterocycles. The fourth-order valence-electron chi connectivity index (χ4n) is 1.08. The topological polar surface area (TPSA) is 81.2 Å². The monoisotopic (exact) mass is 197 g/mol. The van der Waals surface area contributed by atoms with Crippen molar-refractivity contribution < 1.29 is 9.21 Å². The molecule has 0 aromatic carbocycles. The number of nitrogens with one attached hydrogen (secondary N) is 1. The number of carbonyl (C=O) groups is 1. The van der Waals surface area contributed by atoms with Crippen LogP contribution < -0.4 is 11.1 Å². The first-order valence-electron chi connectivity index (χ1n) is 4.60. The van der Waals surface area contributed by atoms with Crippen molar-refractivity contribution in [1.29, 1.82) is 0 Å². The Morgan fingerprint density at radius 3 is 2.93 bits per heavy atom. The molecule has 1 aromatic rings. The summed E-state index contributed by atoms with van der Waals surface area (Å²) < 4.78 is 4.99. The lowest BCUT2D eigenvalue weighted by Gasteiger charge is -2.09. The van der Waals surface area contributed by atoms with Gasteiger partial charge in [0.2, 0.25) is 5.91 Å². The molecular formula is C9H15N3O2. The summed E-state index contributed by atoms with van der Waals surface area (Å²) in [5, 5.41) is 2.57. The number of nitrogens with zero attached hydrogens (tertiary/aromatic N) is 1. The number of amides is 1. The summed E-state index contributed by atoms with van der Waals surface area (Å²) in [5.41, 5.74) is 6.17. The highest BCUT2D eigenvalue weighted by Crippen LogP contribution is 2.09. The maximum atomic E-state index is 11.5. The van der Waals surface area contributed by atoms with Gasteiger partial charge in [0.1, 0.15) is 6.26 Å². The summed E-state index contributed by atoms with van der Waals surface area (Å²) in [5.74, 6) is -0.320. The molecule has 5 heteroatoms. The van der Waals surface area contributed by atoms with Crippen LogP contribution in [0, 0.1) is 12.8 Å². The van der Waals surface area contributed by atoms with Gasteiger partial charge in [0, 0.05) is 6.54 Å². The predicted molar refractivity (Wildman–Crippen MR) is 52.7 cm³/mol. The van der Waals surface area contributed by atoms with Crippen LogP contribution in [0.5, 0.6) is 0 Å². The van der Waals surface area contributed by atoms with E-state index < -0.39 is 0 Å². The molecule has 0 saturated carbocycles. The Labute approximate surface area is 82.7 Å². The molecule has 1 amide bonds. The zero-order valence-electron chi connectivity index (χ0n) is 8.41. The van der Waals surface area contributed by atoms with E-state index in [9.17, 15) is 4.79 Å². The molecule has 3 N–H and O–H groups in total. The number of hydrogen-bond acceptors (Lipinski definition) is 4. The second-order valence-corrected chi connectivity index (χ2v) is 3.12. The normalized spacial score (nSPS) is 12.5. The van der Waals surface area contributed by atoms with E-state index in [0.29, 0.717) is 13.0 Å². The minimum Gasteiger partial charge on any atom is -0.432 e. The predicted octanol–water partition coefficient (Wildman–Crippen LogP) is 0.906. The fraction of sp³-hybridized carbons (Fsp3) is 0.556. The molecule has 0 aliphatic heterocycles. The quantitative estimate of drug-likeness (QED) is 0.751. The highest BCUT2D eigenvalue weighted by atomic mass is 16.4. The van der Waals surface area contributed by atoms with Crippen molar-refractivity contribution >= 4 is 11.9 Å². The number of anilines is 1. The van der Waals surface area contributed by atoms with Crippen molar-refractivity contribution in [2.75, 3.05) is 11.9 Å². The Morgan fingerprint density at radius 2 is 2.50 bits per heavy atom. The Balaban J connectivity index is 2.56. The molecule has 5 nitrogen and oxygen atoms in total. The van der Waals surface area contributed by atoms with Crippen LogP contribution in [0.3, 0.4) is 0 Å². The number of nitrogens with two attached hydrogens (primary N) is 1. The van der Waals surface area contributed by atoms with Crippen LogP contribution in [0.15, 0.2) is 10.7 Å². The number of hydrogen-bond donors (Lipinski definition) is 2. The zero-order valence-corrected chi connectivity index (χ0v) is 8.41. The number of aromatic nitrogens is 1. The molecule has 0 spiro atoms. The Bertz CT molecular complexity index is 305. The molecule has 0 bridgehead atoms. The molecule has 1 rings (SSSR count). The molecule has 0 aliphatic carbocycles. The van der Waals surface area contributed by atoms with Gasteiger partial charge in [-0.3, -0.25) is 10.1 Å². The first kappa shape index (κ1) is 10.7. The number of oxazole rings is 1. The second kappa shape index (κ2) is 4.76. The van der Waals surface area contributed by atoms with E-state index in [-0.39, 0.29) is 17.8 Å². The lowest BCUT2D eigenvalue weighted by atomic mass is 10.1. The van der Waals surface area contributed by atoms with Crippen LogP contribution in [0.4, 0.5) is 6.01 Å². The number of aryl methyl sites for hydroxylation is 1. The molecule has 1 atom stereocenters. The van der Waals surface area contributed by atoms with Crippen molar-refractivity contribution in [2.45, 2.75) is 20.3 Å².